The second kappa shape index (κ2) is 10.9. The van der Waals surface area contributed by atoms with Crippen molar-refractivity contribution in [3.63, 3.8) is 0 Å². The molecule has 1 heterocycles. The molecule has 1 spiro atoms. The molecule has 0 unspecified atom stereocenters. The van der Waals surface area contributed by atoms with Crippen LogP contribution >= 0.6 is 11.3 Å². The molecule has 1 nitrogen and oxygen atoms in total. The maximum atomic E-state index is 2.55. The van der Waals surface area contributed by atoms with E-state index >= 15 is 0 Å². The summed E-state index contributed by atoms with van der Waals surface area (Å²) in [5.74, 6) is 0. The van der Waals surface area contributed by atoms with Crippen LogP contribution in [0.15, 0.2) is 188 Å². The van der Waals surface area contributed by atoms with Gasteiger partial charge in [-0.1, -0.05) is 140 Å². The summed E-state index contributed by atoms with van der Waals surface area (Å²) in [5.41, 5.74) is 16.5. The first-order valence-electron chi connectivity index (χ1n) is 17.6. The second-order valence-electron chi connectivity index (χ2n) is 13.6. The van der Waals surface area contributed by atoms with Crippen molar-refractivity contribution in [2.45, 2.75) is 5.41 Å². The van der Waals surface area contributed by atoms with E-state index in [1.54, 1.807) is 0 Å². The molecule has 0 aliphatic heterocycles. The number of anilines is 3. The highest BCUT2D eigenvalue weighted by atomic mass is 32.1. The molecule has 8 aromatic carbocycles. The number of thiophene rings is 1. The zero-order valence-corrected chi connectivity index (χ0v) is 28.6. The Morgan fingerprint density at radius 2 is 0.882 bits per heavy atom. The van der Waals surface area contributed by atoms with E-state index in [0.29, 0.717) is 0 Å². The molecule has 11 rings (SSSR count). The Hall–Kier alpha value is -6.22. The fraction of sp³-hybridized carbons (Fsp3) is 0.0204. The Morgan fingerprint density at radius 3 is 1.49 bits per heavy atom. The minimum atomic E-state index is -0.393. The fourth-order valence-corrected chi connectivity index (χ4v) is 10.3. The zero-order valence-electron chi connectivity index (χ0n) is 27.8. The van der Waals surface area contributed by atoms with Crippen LogP contribution in [0.5, 0.6) is 0 Å². The first-order chi connectivity index (χ1) is 25.3. The van der Waals surface area contributed by atoms with Crippen molar-refractivity contribution in [1.29, 1.82) is 0 Å². The van der Waals surface area contributed by atoms with Gasteiger partial charge in [0.2, 0.25) is 0 Å². The normalized spacial score (nSPS) is 13.3. The number of hydrogen-bond acceptors (Lipinski definition) is 2. The molecule has 2 aliphatic rings. The van der Waals surface area contributed by atoms with Gasteiger partial charge in [-0.05, 0) is 104 Å². The fourth-order valence-electron chi connectivity index (χ4n) is 9.13. The third kappa shape index (κ3) is 3.91. The minimum Gasteiger partial charge on any atom is -0.310 e. The highest BCUT2D eigenvalue weighted by molar-refractivity contribution is 7.26. The summed E-state index contributed by atoms with van der Waals surface area (Å²) in [6.45, 7) is 0. The Kier molecular flexibility index (Phi) is 6.11. The number of benzene rings is 8. The van der Waals surface area contributed by atoms with E-state index in [9.17, 15) is 0 Å². The lowest BCUT2D eigenvalue weighted by Gasteiger charge is -2.30. The molecular formula is C49H31NS. The third-order valence-electron chi connectivity index (χ3n) is 11.0. The third-order valence-corrected chi connectivity index (χ3v) is 12.2. The first-order valence-corrected chi connectivity index (χ1v) is 18.4. The van der Waals surface area contributed by atoms with Crippen molar-refractivity contribution in [1.82, 2.24) is 0 Å². The van der Waals surface area contributed by atoms with E-state index in [0.717, 1.165) is 17.1 Å². The Bertz CT molecular complexity index is 2710. The zero-order chi connectivity index (χ0) is 33.5. The molecular weight excluding hydrogens is 635 g/mol. The topological polar surface area (TPSA) is 3.24 Å². The predicted molar refractivity (Wildman–Crippen MR) is 216 cm³/mol. The van der Waals surface area contributed by atoms with Crippen LogP contribution in [0.4, 0.5) is 17.1 Å². The Labute approximate surface area is 301 Å². The summed E-state index contributed by atoms with van der Waals surface area (Å²) in [5, 5.41) is 2.62. The van der Waals surface area contributed by atoms with E-state index in [1.807, 2.05) is 11.3 Å². The van der Waals surface area contributed by atoms with Gasteiger partial charge in [0.05, 0.1) is 5.41 Å². The van der Waals surface area contributed by atoms with Crippen LogP contribution < -0.4 is 4.90 Å². The standard InChI is InChI=1S/C49H31NS/c1-4-16-32(17-5-1)46-47-38-24-12-15-27-42(38)49(40-25-13-10-22-36(40)37-23-11-14-26-41(37)49)43(47)31-45-48(46)39-30-35(28-29-44(39)51-45)50(33-18-6-2-7-19-33)34-20-8-3-9-21-34/h1-31H. The van der Waals surface area contributed by atoms with Gasteiger partial charge in [-0.2, -0.15) is 0 Å². The number of fused-ring (bicyclic) bond motifs is 13. The summed E-state index contributed by atoms with van der Waals surface area (Å²) in [6.07, 6.45) is 0. The molecule has 0 saturated carbocycles. The maximum Gasteiger partial charge on any atom is 0.0726 e. The molecule has 0 bridgehead atoms. The van der Waals surface area contributed by atoms with Crippen LogP contribution in [0.1, 0.15) is 22.3 Å². The molecule has 9 aromatic rings. The molecule has 0 N–H and O–H groups in total. The summed E-state index contributed by atoms with van der Waals surface area (Å²) >= 11 is 1.91. The van der Waals surface area contributed by atoms with Gasteiger partial charge >= 0.3 is 0 Å². The lowest BCUT2D eigenvalue weighted by atomic mass is 9.70. The van der Waals surface area contributed by atoms with E-state index < -0.39 is 5.41 Å². The summed E-state index contributed by atoms with van der Waals surface area (Å²) in [6, 6.07) is 69.4. The van der Waals surface area contributed by atoms with Crippen LogP contribution in [0.3, 0.4) is 0 Å². The monoisotopic (exact) mass is 665 g/mol. The minimum absolute atomic E-state index is 0.393. The van der Waals surface area contributed by atoms with Gasteiger partial charge in [0.15, 0.2) is 0 Å². The lowest BCUT2D eigenvalue weighted by molar-refractivity contribution is 0.795. The molecule has 0 radical (unpaired) electrons. The quantitative estimate of drug-likeness (QED) is 0.181. The lowest BCUT2D eigenvalue weighted by Crippen LogP contribution is -2.25. The summed E-state index contributed by atoms with van der Waals surface area (Å²) in [4.78, 5) is 2.37. The summed E-state index contributed by atoms with van der Waals surface area (Å²) in [7, 11) is 0. The number of rotatable bonds is 4. The van der Waals surface area contributed by atoms with Gasteiger partial charge in [0, 0.05) is 37.2 Å². The van der Waals surface area contributed by atoms with Crippen molar-refractivity contribution in [2.75, 3.05) is 4.90 Å². The average molecular weight is 666 g/mol. The van der Waals surface area contributed by atoms with Gasteiger partial charge in [0.1, 0.15) is 0 Å². The Balaban J connectivity index is 1.27. The highest BCUT2D eigenvalue weighted by Crippen LogP contribution is 2.65. The molecule has 2 aliphatic carbocycles. The molecule has 2 heteroatoms. The Morgan fingerprint density at radius 1 is 0.373 bits per heavy atom. The van der Waals surface area contributed by atoms with E-state index in [-0.39, 0.29) is 0 Å². The van der Waals surface area contributed by atoms with Crippen molar-refractivity contribution >= 4 is 48.6 Å². The van der Waals surface area contributed by atoms with Gasteiger partial charge in [0.25, 0.3) is 0 Å². The average Bonchev–Trinajstić information content (AvgIpc) is 3.82. The molecule has 51 heavy (non-hydrogen) atoms. The molecule has 0 atom stereocenters. The van der Waals surface area contributed by atoms with Crippen LogP contribution in [0.2, 0.25) is 0 Å². The molecule has 1 aromatic heterocycles. The van der Waals surface area contributed by atoms with Crippen molar-refractivity contribution in [2.24, 2.45) is 0 Å². The number of nitrogens with zero attached hydrogens (tertiary/aromatic N) is 1. The molecule has 238 valence electrons. The van der Waals surface area contributed by atoms with E-state index in [2.05, 4.69) is 193 Å². The highest BCUT2D eigenvalue weighted by Gasteiger charge is 2.52. The van der Waals surface area contributed by atoms with Gasteiger partial charge in [-0.25, -0.2) is 0 Å². The molecule has 0 amide bonds. The SMILES string of the molecule is c1ccc(-c2c3c(cc4sc5ccc(N(c6ccccc6)c6ccccc6)cc5c24)C2(c4ccccc4-c4ccccc42)c2ccccc2-3)cc1. The van der Waals surface area contributed by atoms with Gasteiger partial charge < -0.3 is 4.90 Å². The van der Waals surface area contributed by atoms with Crippen LogP contribution in [0, 0.1) is 0 Å². The maximum absolute atomic E-state index is 2.55. The van der Waals surface area contributed by atoms with Gasteiger partial charge in [-0.15, -0.1) is 11.3 Å². The molecule has 0 fully saturated rings. The van der Waals surface area contributed by atoms with Crippen molar-refractivity contribution in [3.05, 3.63) is 210 Å². The van der Waals surface area contributed by atoms with Crippen LogP contribution in [-0.2, 0) is 5.41 Å². The smallest absolute Gasteiger partial charge is 0.0726 e. The van der Waals surface area contributed by atoms with Crippen LogP contribution in [0.25, 0.3) is 53.6 Å². The first kappa shape index (κ1) is 28.6. The number of hydrogen-bond donors (Lipinski definition) is 0. The van der Waals surface area contributed by atoms with E-state index in [1.165, 1.54) is 75.8 Å². The van der Waals surface area contributed by atoms with E-state index in [4.69, 9.17) is 0 Å². The predicted octanol–water partition coefficient (Wildman–Crippen LogP) is 13.5. The van der Waals surface area contributed by atoms with Crippen LogP contribution in [-0.4, -0.2) is 0 Å². The summed E-state index contributed by atoms with van der Waals surface area (Å²) < 4.78 is 2.62. The van der Waals surface area contributed by atoms with Crippen molar-refractivity contribution in [3.8, 4) is 33.4 Å². The van der Waals surface area contributed by atoms with Gasteiger partial charge in [-0.3, -0.25) is 0 Å². The van der Waals surface area contributed by atoms with Crippen molar-refractivity contribution < 1.29 is 0 Å². The largest absolute Gasteiger partial charge is 0.310 e. The number of para-hydroxylation sites is 2. The second-order valence-corrected chi connectivity index (χ2v) is 14.7. The molecule has 0 saturated heterocycles.